The Balaban J connectivity index is 2.12. The molecular weight excluding hydrogens is 274 g/mol. The minimum Gasteiger partial charge on any atom is -0.481 e. The number of aliphatic carboxylic acids is 1. The van der Waals surface area contributed by atoms with Crippen LogP contribution in [0.15, 0.2) is 12.2 Å². The molecule has 1 aliphatic heterocycles. The molecule has 2 rings (SSSR count). The predicted molar refractivity (Wildman–Crippen MR) is 74.4 cm³/mol. The van der Waals surface area contributed by atoms with Crippen molar-refractivity contribution in [1.29, 1.82) is 0 Å². The third kappa shape index (κ3) is 3.25. The van der Waals surface area contributed by atoms with E-state index in [0.29, 0.717) is 25.8 Å². The van der Waals surface area contributed by atoms with Gasteiger partial charge in [-0.1, -0.05) is 12.2 Å². The quantitative estimate of drug-likeness (QED) is 0.622. The van der Waals surface area contributed by atoms with E-state index in [1.807, 2.05) is 6.08 Å². The van der Waals surface area contributed by atoms with E-state index in [-0.39, 0.29) is 18.5 Å². The number of carboxylic acid groups (broad SMARTS) is 1. The average molecular weight is 295 g/mol. The normalized spacial score (nSPS) is 28.4. The lowest BCUT2D eigenvalue weighted by Crippen LogP contribution is -2.47. The molecule has 0 saturated carbocycles. The summed E-state index contributed by atoms with van der Waals surface area (Å²) in [6.45, 7) is 2.50. The van der Waals surface area contributed by atoms with Crippen molar-refractivity contribution in [2.24, 2.45) is 11.8 Å². The van der Waals surface area contributed by atoms with Gasteiger partial charge >= 0.3 is 11.9 Å². The number of ether oxygens (including phenoxy) is 1. The van der Waals surface area contributed by atoms with Gasteiger partial charge in [-0.3, -0.25) is 9.59 Å². The molecule has 116 valence electrons. The molecule has 1 aliphatic carbocycles. The van der Waals surface area contributed by atoms with Gasteiger partial charge in [-0.05, 0) is 32.6 Å². The first-order chi connectivity index (χ1) is 10.1. The third-order valence-electron chi connectivity index (χ3n) is 4.16. The standard InChI is InChI=1S/C15H21NO5/c1-2-21-15(20)12-8-5-9-16(12)13(17)10-6-3-4-7-11(10)14(18)19/h3-4,10-12H,2,5-9H2,1H3,(H,18,19). The molecule has 21 heavy (non-hydrogen) atoms. The molecule has 1 amide bonds. The molecular formula is C15H21NO5. The molecule has 2 aliphatic rings. The first kappa shape index (κ1) is 15.5. The fourth-order valence-corrected chi connectivity index (χ4v) is 3.09. The number of amides is 1. The Morgan fingerprint density at radius 2 is 1.90 bits per heavy atom. The number of allylic oxidation sites excluding steroid dienone is 2. The minimum atomic E-state index is -0.954. The first-order valence-electron chi connectivity index (χ1n) is 7.41. The second-order valence-electron chi connectivity index (χ2n) is 5.44. The Morgan fingerprint density at radius 1 is 1.24 bits per heavy atom. The molecule has 0 radical (unpaired) electrons. The molecule has 0 aromatic rings. The summed E-state index contributed by atoms with van der Waals surface area (Å²) in [5.74, 6) is -2.86. The second kappa shape index (κ2) is 6.74. The van der Waals surface area contributed by atoms with Gasteiger partial charge in [0.05, 0.1) is 18.4 Å². The van der Waals surface area contributed by atoms with E-state index in [0.717, 1.165) is 6.42 Å². The van der Waals surface area contributed by atoms with Crippen LogP contribution in [0, 0.1) is 11.8 Å². The summed E-state index contributed by atoms with van der Waals surface area (Å²) < 4.78 is 5.00. The van der Waals surface area contributed by atoms with Gasteiger partial charge in [-0.2, -0.15) is 0 Å². The number of hydrogen-bond donors (Lipinski definition) is 1. The van der Waals surface area contributed by atoms with Crippen LogP contribution in [0.25, 0.3) is 0 Å². The molecule has 6 nitrogen and oxygen atoms in total. The number of carboxylic acids is 1. The van der Waals surface area contributed by atoms with Crippen LogP contribution in [0.5, 0.6) is 0 Å². The van der Waals surface area contributed by atoms with E-state index >= 15 is 0 Å². The topological polar surface area (TPSA) is 83.9 Å². The van der Waals surface area contributed by atoms with Crippen LogP contribution in [0.3, 0.4) is 0 Å². The molecule has 0 aromatic heterocycles. The van der Waals surface area contributed by atoms with E-state index in [4.69, 9.17) is 4.74 Å². The largest absolute Gasteiger partial charge is 0.481 e. The number of hydrogen-bond acceptors (Lipinski definition) is 4. The van der Waals surface area contributed by atoms with E-state index < -0.39 is 23.8 Å². The van der Waals surface area contributed by atoms with Crippen LogP contribution < -0.4 is 0 Å². The summed E-state index contributed by atoms with van der Waals surface area (Å²) in [5, 5.41) is 9.26. The van der Waals surface area contributed by atoms with E-state index in [1.54, 1.807) is 13.0 Å². The average Bonchev–Trinajstić information content (AvgIpc) is 2.96. The first-order valence-corrected chi connectivity index (χ1v) is 7.41. The summed E-state index contributed by atoms with van der Waals surface area (Å²) >= 11 is 0. The van der Waals surface area contributed by atoms with Crippen LogP contribution in [-0.2, 0) is 19.1 Å². The summed E-state index contributed by atoms with van der Waals surface area (Å²) in [4.78, 5) is 37.4. The zero-order chi connectivity index (χ0) is 15.4. The molecule has 3 atom stereocenters. The van der Waals surface area contributed by atoms with Crippen LogP contribution >= 0.6 is 0 Å². The van der Waals surface area contributed by atoms with Crippen molar-refractivity contribution in [3.05, 3.63) is 12.2 Å². The highest BCUT2D eigenvalue weighted by Gasteiger charge is 2.42. The van der Waals surface area contributed by atoms with Crippen LogP contribution in [0.4, 0.5) is 0 Å². The number of esters is 1. The summed E-state index contributed by atoms with van der Waals surface area (Å²) in [6.07, 6.45) is 5.76. The van der Waals surface area contributed by atoms with Crippen LogP contribution in [0.1, 0.15) is 32.6 Å². The van der Waals surface area contributed by atoms with E-state index in [9.17, 15) is 19.5 Å². The van der Waals surface area contributed by atoms with Crippen molar-refractivity contribution in [3.63, 3.8) is 0 Å². The monoisotopic (exact) mass is 295 g/mol. The molecule has 1 saturated heterocycles. The van der Waals surface area contributed by atoms with Crippen molar-refractivity contribution in [1.82, 2.24) is 4.90 Å². The maximum absolute atomic E-state index is 12.7. The molecule has 0 aromatic carbocycles. The lowest BCUT2D eigenvalue weighted by molar-refractivity contribution is -0.157. The maximum atomic E-state index is 12.7. The lowest BCUT2D eigenvalue weighted by atomic mass is 9.82. The Morgan fingerprint density at radius 3 is 2.52 bits per heavy atom. The van der Waals surface area contributed by atoms with Crippen molar-refractivity contribution in [2.75, 3.05) is 13.2 Å². The van der Waals surface area contributed by atoms with Gasteiger partial charge in [-0.15, -0.1) is 0 Å². The fourth-order valence-electron chi connectivity index (χ4n) is 3.09. The zero-order valence-corrected chi connectivity index (χ0v) is 12.2. The van der Waals surface area contributed by atoms with Crippen LogP contribution in [-0.4, -0.2) is 47.0 Å². The smallest absolute Gasteiger partial charge is 0.328 e. The van der Waals surface area contributed by atoms with E-state index in [1.165, 1.54) is 4.90 Å². The van der Waals surface area contributed by atoms with Crippen molar-refractivity contribution in [3.8, 4) is 0 Å². The summed E-state index contributed by atoms with van der Waals surface area (Å²) in [5.41, 5.74) is 0. The SMILES string of the molecule is CCOC(=O)C1CCCN1C(=O)C1CC=CCC1C(=O)O. The molecule has 6 heteroatoms. The van der Waals surface area contributed by atoms with Crippen molar-refractivity contribution in [2.45, 2.75) is 38.6 Å². The molecule has 0 spiro atoms. The molecule has 3 unspecified atom stereocenters. The minimum absolute atomic E-state index is 0.234. The van der Waals surface area contributed by atoms with Gasteiger partial charge in [0.1, 0.15) is 6.04 Å². The van der Waals surface area contributed by atoms with Gasteiger partial charge < -0.3 is 14.7 Å². The molecule has 1 fully saturated rings. The Hall–Kier alpha value is -1.85. The third-order valence-corrected chi connectivity index (χ3v) is 4.16. The number of rotatable bonds is 4. The second-order valence-corrected chi connectivity index (χ2v) is 5.44. The predicted octanol–water partition coefficient (Wildman–Crippen LogP) is 1.21. The Labute approximate surface area is 123 Å². The number of carbonyl (C=O) groups is 3. The number of carbonyl (C=O) groups excluding carboxylic acids is 2. The van der Waals surface area contributed by atoms with Crippen molar-refractivity contribution < 1.29 is 24.2 Å². The van der Waals surface area contributed by atoms with Crippen molar-refractivity contribution >= 4 is 17.8 Å². The Bertz CT molecular complexity index is 459. The molecule has 1 N–H and O–H groups in total. The zero-order valence-electron chi connectivity index (χ0n) is 12.2. The number of likely N-dealkylation sites (tertiary alicyclic amines) is 1. The number of nitrogens with zero attached hydrogens (tertiary/aromatic N) is 1. The lowest BCUT2D eigenvalue weighted by Gasteiger charge is -2.31. The van der Waals surface area contributed by atoms with E-state index in [2.05, 4.69) is 0 Å². The fraction of sp³-hybridized carbons (Fsp3) is 0.667. The highest BCUT2D eigenvalue weighted by Crippen LogP contribution is 2.30. The highest BCUT2D eigenvalue weighted by atomic mass is 16.5. The molecule has 1 heterocycles. The van der Waals surface area contributed by atoms with Gasteiger partial charge in [0.25, 0.3) is 0 Å². The summed E-state index contributed by atoms with van der Waals surface area (Å²) in [7, 11) is 0. The maximum Gasteiger partial charge on any atom is 0.328 e. The van der Waals surface area contributed by atoms with Gasteiger partial charge in [0.2, 0.25) is 5.91 Å². The Kier molecular flexibility index (Phi) is 4.98. The highest BCUT2D eigenvalue weighted by molar-refractivity contribution is 5.89. The van der Waals surface area contributed by atoms with Gasteiger partial charge in [-0.25, -0.2) is 4.79 Å². The van der Waals surface area contributed by atoms with Crippen LogP contribution in [0.2, 0.25) is 0 Å². The van der Waals surface area contributed by atoms with Gasteiger partial charge in [0.15, 0.2) is 0 Å². The van der Waals surface area contributed by atoms with Gasteiger partial charge in [0, 0.05) is 6.54 Å². The summed E-state index contributed by atoms with van der Waals surface area (Å²) in [6, 6.07) is -0.558. The molecule has 0 bridgehead atoms.